The highest BCUT2D eigenvalue weighted by molar-refractivity contribution is 6.36. The van der Waals surface area contributed by atoms with Gasteiger partial charge in [-0.15, -0.1) is 0 Å². The number of H-pyrrole nitrogens is 1. The summed E-state index contributed by atoms with van der Waals surface area (Å²) in [5.41, 5.74) is 7.44. The zero-order valence-electron chi connectivity index (χ0n) is 10.5. The lowest BCUT2D eigenvalue weighted by molar-refractivity contribution is 0.224. The summed E-state index contributed by atoms with van der Waals surface area (Å²) in [5, 5.41) is 22.3. The number of pyridine rings is 1. The fraction of sp³-hybridized carbons (Fsp3) is 0.273. The van der Waals surface area contributed by atoms with Crippen molar-refractivity contribution >= 4 is 34.6 Å². The largest absolute Gasteiger partial charge is 0.396 e. The number of aliphatic hydroxyl groups is 1. The van der Waals surface area contributed by atoms with Crippen LogP contribution < -0.4 is 16.4 Å². The van der Waals surface area contributed by atoms with Crippen LogP contribution in [0.2, 0.25) is 5.02 Å². The third kappa shape index (κ3) is 3.07. The molecule has 0 saturated carbocycles. The van der Waals surface area contributed by atoms with Crippen molar-refractivity contribution in [3.8, 4) is 0 Å². The monoisotopic (exact) mass is 282 g/mol. The van der Waals surface area contributed by atoms with Gasteiger partial charge in [-0.3, -0.25) is 5.10 Å². The van der Waals surface area contributed by atoms with Crippen LogP contribution in [0.15, 0.2) is 12.3 Å². The van der Waals surface area contributed by atoms with E-state index in [1.165, 1.54) is 6.20 Å². The van der Waals surface area contributed by atoms with Crippen LogP contribution in [-0.4, -0.2) is 26.5 Å². The average Bonchev–Trinajstić information content (AvgIpc) is 2.74. The molecule has 0 amide bonds. The number of rotatable bonds is 4. The Hall–Kier alpha value is -1.99. The molecule has 0 aliphatic rings. The van der Waals surface area contributed by atoms with Crippen molar-refractivity contribution in [3.63, 3.8) is 0 Å². The summed E-state index contributed by atoms with van der Waals surface area (Å²) < 4.78 is 0. The van der Waals surface area contributed by atoms with E-state index in [0.29, 0.717) is 28.0 Å². The zero-order chi connectivity index (χ0) is 14.0. The summed E-state index contributed by atoms with van der Waals surface area (Å²) in [4.78, 5) is 4.10. The minimum Gasteiger partial charge on any atom is -0.396 e. The van der Waals surface area contributed by atoms with Crippen molar-refractivity contribution in [1.29, 1.82) is 0 Å². The maximum Gasteiger partial charge on any atom is 0.153 e. The highest BCUT2D eigenvalue weighted by Gasteiger charge is 2.14. The molecule has 0 aromatic carbocycles. The van der Waals surface area contributed by atoms with Gasteiger partial charge >= 0.3 is 0 Å². The zero-order valence-corrected chi connectivity index (χ0v) is 11.3. The van der Waals surface area contributed by atoms with E-state index in [1.54, 1.807) is 6.92 Å². The molecule has 2 heterocycles. The fourth-order valence-electron chi connectivity index (χ4n) is 1.54. The van der Waals surface area contributed by atoms with Crippen LogP contribution in [-0.2, 0) is 0 Å². The van der Waals surface area contributed by atoms with Crippen LogP contribution in [0, 0.1) is 6.92 Å². The molecule has 0 aliphatic heterocycles. The maximum absolute atomic E-state index is 9.39. The Bertz CT molecular complexity index is 583. The van der Waals surface area contributed by atoms with Gasteiger partial charge in [0, 0.05) is 11.8 Å². The van der Waals surface area contributed by atoms with Gasteiger partial charge in [0.25, 0.3) is 0 Å². The molecule has 0 unspecified atom stereocenters. The first kappa shape index (κ1) is 13.4. The minimum absolute atomic E-state index is 0.318. The fourth-order valence-corrected chi connectivity index (χ4v) is 1.72. The molecule has 0 aliphatic carbocycles. The molecule has 0 fully saturated rings. The number of anilines is 4. The van der Waals surface area contributed by atoms with Crippen LogP contribution in [0.1, 0.15) is 12.6 Å². The first-order chi connectivity index (χ1) is 8.97. The second kappa shape index (κ2) is 5.33. The third-order valence-electron chi connectivity index (χ3n) is 2.35. The summed E-state index contributed by atoms with van der Waals surface area (Å²) in [6.07, 6.45) is 0.655. The smallest absolute Gasteiger partial charge is 0.153 e. The molecule has 8 heteroatoms. The second-order valence-electron chi connectivity index (χ2n) is 4.13. The highest BCUT2D eigenvalue weighted by Crippen LogP contribution is 2.35. The van der Waals surface area contributed by atoms with E-state index < -0.39 is 6.23 Å². The van der Waals surface area contributed by atoms with Crippen LogP contribution >= 0.6 is 11.6 Å². The van der Waals surface area contributed by atoms with Gasteiger partial charge in [0.15, 0.2) is 11.6 Å². The van der Waals surface area contributed by atoms with E-state index in [9.17, 15) is 5.11 Å². The van der Waals surface area contributed by atoms with Crippen LogP contribution in [0.25, 0.3) is 0 Å². The topological polar surface area (TPSA) is 112 Å². The SMILES string of the molecule is Cc1cc(Nc2c(N[C@@H](C)O)ncc(N)c2Cl)n[nH]1. The van der Waals surface area contributed by atoms with E-state index in [0.717, 1.165) is 5.69 Å². The lowest BCUT2D eigenvalue weighted by Gasteiger charge is -2.15. The van der Waals surface area contributed by atoms with E-state index in [4.69, 9.17) is 17.3 Å². The lowest BCUT2D eigenvalue weighted by Crippen LogP contribution is -2.16. The van der Waals surface area contributed by atoms with Crippen LogP contribution in [0.4, 0.5) is 23.0 Å². The summed E-state index contributed by atoms with van der Waals surface area (Å²) in [6.45, 7) is 3.46. The van der Waals surface area contributed by atoms with Gasteiger partial charge in [-0.1, -0.05) is 11.6 Å². The van der Waals surface area contributed by atoms with Gasteiger partial charge in [0.05, 0.1) is 16.9 Å². The minimum atomic E-state index is -0.770. The Morgan fingerprint density at radius 2 is 2.26 bits per heavy atom. The molecule has 0 bridgehead atoms. The Balaban J connectivity index is 2.38. The predicted molar refractivity (Wildman–Crippen MR) is 75.6 cm³/mol. The Morgan fingerprint density at radius 1 is 1.53 bits per heavy atom. The van der Waals surface area contributed by atoms with E-state index in [-0.39, 0.29) is 0 Å². The molecule has 19 heavy (non-hydrogen) atoms. The van der Waals surface area contributed by atoms with Gasteiger partial charge in [-0.25, -0.2) is 4.98 Å². The number of hydrogen-bond donors (Lipinski definition) is 5. The van der Waals surface area contributed by atoms with Crippen molar-refractivity contribution in [2.75, 3.05) is 16.4 Å². The first-order valence-electron chi connectivity index (χ1n) is 5.65. The molecule has 7 nitrogen and oxygen atoms in total. The van der Waals surface area contributed by atoms with Crippen molar-refractivity contribution in [3.05, 3.63) is 23.0 Å². The van der Waals surface area contributed by atoms with E-state index >= 15 is 0 Å². The number of aromatic nitrogens is 3. The van der Waals surface area contributed by atoms with Crippen molar-refractivity contribution < 1.29 is 5.11 Å². The third-order valence-corrected chi connectivity index (χ3v) is 2.75. The summed E-state index contributed by atoms with van der Waals surface area (Å²) >= 11 is 6.15. The van der Waals surface area contributed by atoms with Crippen molar-refractivity contribution in [2.45, 2.75) is 20.1 Å². The molecule has 102 valence electrons. The van der Waals surface area contributed by atoms with E-state index in [2.05, 4.69) is 25.8 Å². The second-order valence-corrected chi connectivity index (χ2v) is 4.51. The number of halogens is 1. The summed E-state index contributed by atoms with van der Waals surface area (Å²) in [6, 6.07) is 1.81. The number of aliphatic hydroxyl groups excluding tert-OH is 1. The van der Waals surface area contributed by atoms with Gasteiger partial charge in [0.1, 0.15) is 11.9 Å². The molecule has 0 radical (unpaired) electrons. The Labute approximate surface area is 115 Å². The Morgan fingerprint density at radius 3 is 2.84 bits per heavy atom. The molecular formula is C11H15ClN6O. The standard InChI is InChI=1S/C11H15ClN6O/c1-5-3-8(18-17-5)16-10-9(12)7(13)4-14-11(10)15-6(2)19/h3-4,6,19H,13H2,1-2H3,(H,14,15)(H2,16,17,18)/t6-/m1/s1. The number of nitrogen functional groups attached to an aromatic ring is 1. The number of aromatic amines is 1. The average molecular weight is 283 g/mol. The molecule has 6 N–H and O–H groups in total. The van der Waals surface area contributed by atoms with Crippen LogP contribution in [0.5, 0.6) is 0 Å². The number of nitrogens with two attached hydrogens (primary N) is 1. The number of nitrogens with one attached hydrogen (secondary N) is 3. The van der Waals surface area contributed by atoms with E-state index in [1.807, 2.05) is 13.0 Å². The molecule has 1 atom stereocenters. The van der Waals surface area contributed by atoms with Crippen molar-refractivity contribution in [2.24, 2.45) is 0 Å². The summed E-state index contributed by atoms with van der Waals surface area (Å²) in [5.74, 6) is 0.982. The molecular weight excluding hydrogens is 268 g/mol. The Kier molecular flexibility index (Phi) is 3.77. The highest BCUT2D eigenvalue weighted by atomic mass is 35.5. The van der Waals surface area contributed by atoms with Gasteiger partial charge in [-0.05, 0) is 13.8 Å². The van der Waals surface area contributed by atoms with Crippen molar-refractivity contribution in [1.82, 2.24) is 15.2 Å². The maximum atomic E-state index is 9.39. The summed E-state index contributed by atoms with van der Waals surface area (Å²) in [7, 11) is 0. The first-order valence-corrected chi connectivity index (χ1v) is 6.02. The molecule has 0 saturated heterocycles. The van der Waals surface area contributed by atoms with Gasteiger partial charge < -0.3 is 21.5 Å². The molecule has 2 aromatic rings. The molecule has 2 aromatic heterocycles. The normalized spacial score (nSPS) is 12.2. The quantitative estimate of drug-likeness (QED) is 0.547. The van der Waals surface area contributed by atoms with Crippen LogP contribution in [0.3, 0.4) is 0 Å². The molecule has 0 spiro atoms. The number of hydrogen-bond acceptors (Lipinski definition) is 6. The van der Waals surface area contributed by atoms with Gasteiger partial charge in [-0.2, -0.15) is 5.10 Å². The van der Waals surface area contributed by atoms with Gasteiger partial charge in [0.2, 0.25) is 0 Å². The predicted octanol–water partition coefficient (Wildman–Crippen LogP) is 1.84. The number of aryl methyl sites for hydroxylation is 1. The lowest BCUT2D eigenvalue weighted by atomic mass is 10.3. The molecule has 2 rings (SSSR count). The number of nitrogens with zero attached hydrogens (tertiary/aromatic N) is 2.